The summed E-state index contributed by atoms with van der Waals surface area (Å²) in [5.41, 5.74) is -0.350. The van der Waals surface area contributed by atoms with Gasteiger partial charge in [0.1, 0.15) is 11.6 Å². The van der Waals surface area contributed by atoms with Crippen molar-refractivity contribution >= 4 is 11.8 Å². The highest BCUT2D eigenvalue weighted by Crippen LogP contribution is 2.42. The van der Waals surface area contributed by atoms with Crippen molar-refractivity contribution in [2.45, 2.75) is 51.1 Å². The summed E-state index contributed by atoms with van der Waals surface area (Å²) in [6, 6.07) is -0.0355. The first-order valence-electron chi connectivity index (χ1n) is 8.32. The summed E-state index contributed by atoms with van der Waals surface area (Å²) >= 11 is 0. The number of hydrogen-bond donors (Lipinski definition) is 0. The van der Waals surface area contributed by atoms with Gasteiger partial charge in [0.15, 0.2) is 0 Å². The van der Waals surface area contributed by atoms with Crippen molar-refractivity contribution in [2.24, 2.45) is 21.8 Å². The average Bonchev–Trinajstić information content (AvgIpc) is 3.28. The van der Waals surface area contributed by atoms with Crippen LogP contribution in [-0.4, -0.2) is 63.1 Å². The first-order chi connectivity index (χ1) is 10.4. The molecule has 0 unspecified atom stereocenters. The van der Waals surface area contributed by atoms with Crippen LogP contribution in [0.1, 0.15) is 39.5 Å². The molecule has 1 fully saturated rings. The number of aliphatic imine (C=N–C) groups is 2. The predicted octanol–water partition coefficient (Wildman–Crippen LogP) is 2.61. The van der Waals surface area contributed by atoms with Crippen molar-refractivity contribution in [3.05, 3.63) is 0 Å². The normalized spacial score (nSPS) is 28.6. The molecule has 2 aliphatic rings. The van der Waals surface area contributed by atoms with E-state index in [0.29, 0.717) is 5.92 Å². The van der Waals surface area contributed by atoms with E-state index >= 15 is 0 Å². The highest BCUT2D eigenvalue weighted by Gasteiger charge is 2.46. The minimum absolute atomic E-state index is 0.0355. The van der Waals surface area contributed by atoms with Gasteiger partial charge in [0.2, 0.25) is 11.8 Å². The summed E-state index contributed by atoms with van der Waals surface area (Å²) in [4.78, 5) is 12.1. The third-order valence-electron chi connectivity index (χ3n) is 4.56. The average molecular weight is 309 g/mol. The molecule has 0 aromatic heterocycles. The Morgan fingerprint density at radius 3 is 2.36 bits per heavy atom. The van der Waals surface area contributed by atoms with Crippen LogP contribution in [-0.2, 0) is 9.47 Å². The van der Waals surface area contributed by atoms with Gasteiger partial charge in [-0.25, -0.2) is 9.98 Å². The molecule has 0 spiro atoms. The second-order valence-electron chi connectivity index (χ2n) is 7.21. The lowest BCUT2D eigenvalue weighted by atomic mass is 9.86. The van der Waals surface area contributed by atoms with E-state index in [-0.39, 0.29) is 11.6 Å². The summed E-state index contributed by atoms with van der Waals surface area (Å²) in [6.07, 6.45) is 4.53. The summed E-state index contributed by atoms with van der Waals surface area (Å²) in [6.45, 7) is 5.25. The molecular weight excluding hydrogens is 278 g/mol. The second-order valence-corrected chi connectivity index (χ2v) is 7.21. The lowest BCUT2D eigenvalue weighted by Gasteiger charge is -2.37. The fourth-order valence-corrected chi connectivity index (χ4v) is 3.08. The van der Waals surface area contributed by atoms with E-state index in [1.54, 1.807) is 14.2 Å². The van der Waals surface area contributed by atoms with Crippen molar-refractivity contribution in [3.8, 4) is 0 Å². The Balaban J connectivity index is 2.34. The van der Waals surface area contributed by atoms with E-state index in [1.165, 1.54) is 12.8 Å². The number of nitrogens with zero attached hydrogens (tertiary/aromatic N) is 3. The molecule has 2 atom stereocenters. The molecule has 5 heteroatoms. The standard InChI is InChI=1S/C17H31N3O2/c1-12(2)14-15(21-5)19-17(9-10-20(3)4,11-13-7-8-13)16(18-14)22-6/h12-14H,7-11H2,1-6H3/t14-,17-/m1/s1. The van der Waals surface area contributed by atoms with Crippen molar-refractivity contribution < 1.29 is 9.47 Å². The Morgan fingerprint density at radius 1 is 1.23 bits per heavy atom. The summed E-state index contributed by atoms with van der Waals surface area (Å²) < 4.78 is 11.3. The van der Waals surface area contributed by atoms with Gasteiger partial charge in [0.05, 0.1) is 14.2 Å². The second kappa shape index (κ2) is 6.99. The van der Waals surface area contributed by atoms with Gasteiger partial charge in [-0.15, -0.1) is 0 Å². The van der Waals surface area contributed by atoms with Crippen LogP contribution in [0.4, 0.5) is 0 Å². The highest BCUT2D eigenvalue weighted by molar-refractivity contribution is 5.96. The summed E-state index contributed by atoms with van der Waals surface area (Å²) in [5.74, 6) is 2.65. The van der Waals surface area contributed by atoms with E-state index in [1.807, 2.05) is 0 Å². The van der Waals surface area contributed by atoms with Gasteiger partial charge in [-0.05, 0) is 38.8 Å². The number of hydrogen-bond acceptors (Lipinski definition) is 5. The summed E-state index contributed by atoms with van der Waals surface area (Å²) in [7, 11) is 7.61. The van der Waals surface area contributed by atoms with E-state index in [2.05, 4.69) is 32.8 Å². The highest BCUT2D eigenvalue weighted by atomic mass is 16.5. The van der Waals surface area contributed by atoms with Crippen LogP contribution in [0.2, 0.25) is 0 Å². The SMILES string of the molecule is COC1=N[C@](CCN(C)C)(CC2CC2)C(OC)=N[C@@H]1C(C)C. The molecule has 126 valence electrons. The zero-order valence-corrected chi connectivity index (χ0v) is 14.9. The number of ether oxygens (including phenoxy) is 2. The van der Waals surface area contributed by atoms with Crippen molar-refractivity contribution in [1.29, 1.82) is 0 Å². The van der Waals surface area contributed by atoms with Crippen molar-refractivity contribution in [1.82, 2.24) is 4.90 Å². The lowest BCUT2D eigenvalue weighted by Crippen LogP contribution is -2.48. The van der Waals surface area contributed by atoms with Crippen LogP contribution in [0.25, 0.3) is 0 Å². The van der Waals surface area contributed by atoms with Gasteiger partial charge >= 0.3 is 0 Å². The van der Waals surface area contributed by atoms with Crippen LogP contribution >= 0.6 is 0 Å². The molecule has 1 aliphatic carbocycles. The van der Waals surface area contributed by atoms with Gasteiger partial charge in [-0.3, -0.25) is 0 Å². The fourth-order valence-electron chi connectivity index (χ4n) is 3.08. The van der Waals surface area contributed by atoms with Crippen LogP contribution in [0.5, 0.6) is 0 Å². The van der Waals surface area contributed by atoms with Crippen LogP contribution in [0.15, 0.2) is 9.98 Å². The van der Waals surface area contributed by atoms with E-state index in [0.717, 1.165) is 37.1 Å². The monoisotopic (exact) mass is 309 g/mol. The Hall–Kier alpha value is -1.10. The Kier molecular flexibility index (Phi) is 5.48. The van der Waals surface area contributed by atoms with Gasteiger partial charge in [0.25, 0.3) is 0 Å². The minimum Gasteiger partial charge on any atom is -0.483 e. The molecule has 2 rings (SSSR count). The number of rotatable bonds is 6. The van der Waals surface area contributed by atoms with Crippen LogP contribution in [0, 0.1) is 11.8 Å². The van der Waals surface area contributed by atoms with Crippen molar-refractivity contribution in [3.63, 3.8) is 0 Å². The minimum atomic E-state index is -0.350. The molecule has 0 bridgehead atoms. The predicted molar refractivity (Wildman–Crippen MR) is 90.8 cm³/mol. The smallest absolute Gasteiger partial charge is 0.212 e. The molecular formula is C17H31N3O2. The molecule has 0 aromatic rings. The zero-order valence-electron chi connectivity index (χ0n) is 14.9. The molecule has 22 heavy (non-hydrogen) atoms. The van der Waals surface area contributed by atoms with Crippen LogP contribution in [0.3, 0.4) is 0 Å². The molecule has 5 nitrogen and oxygen atoms in total. The fraction of sp³-hybridized carbons (Fsp3) is 0.882. The largest absolute Gasteiger partial charge is 0.483 e. The summed E-state index contributed by atoms with van der Waals surface area (Å²) in [5, 5.41) is 0. The Morgan fingerprint density at radius 2 is 1.91 bits per heavy atom. The molecule has 0 N–H and O–H groups in total. The van der Waals surface area contributed by atoms with E-state index in [4.69, 9.17) is 19.5 Å². The molecule has 1 saturated carbocycles. The quantitative estimate of drug-likeness (QED) is 0.757. The lowest BCUT2D eigenvalue weighted by molar-refractivity contribution is 0.266. The zero-order chi connectivity index (χ0) is 16.3. The Bertz CT molecular complexity index is 441. The van der Waals surface area contributed by atoms with Gasteiger partial charge in [-0.1, -0.05) is 26.7 Å². The maximum absolute atomic E-state index is 5.71. The van der Waals surface area contributed by atoms with E-state index < -0.39 is 0 Å². The molecule has 0 radical (unpaired) electrons. The topological polar surface area (TPSA) is 46.4 Å². The first-order valence-corrected chi connectivity index (χ1v) is 8.32. The molecule has 1 heterocycles. The van der Waals surface area contributed by atoms with Crippen LogP contribution < -0.4 is 0 Å². The third kappa shape index (κ3) is 3.80. The van der Waals surface area contributed by atoms with E-state index in [9.17, 15) is 0 Å². The van der Waals surface area contributed by atoms with Gasteiger partial charge in [0, 0.05) is 6.54 Å². The molecule has 0 aromatic carbocycles. The Labute approximate surface area is 134 Å². The molecule has 1 aliphatic heterocycles. The molecule has 0 amide bonds. The molecule has 0 saturated heterocycles. The van der Waals surface area contributed by atoms with Gasteiger partial charge < -0.3 is 14.4 Å². The number of methoxy groups -OCH3 is 2. The first kappa shape index (κ1) is 17.3. The van der Waals surface area contributed by atoms with Gasteiger partial charge in [-0.2, -0.15) is 0 Å². The maximum atomic E-state index is 5.71. The maximum Gasteiger partial charge on any atom is 0.212 e. The third-order valence-corrected chi connectivity index (χ3v) is 4.56. The van der Waals surface area contributed by atoms with Crippen molar-refractivity contribution in [2.75, 3.05) is 34.9 Å².